The number of thiophene rings is 1. The van der Waals surface area contributed by atoms with Crippen LogP contribution in [0.1, 0.15) is 28.5 Å². The van der Waals surface area contributed by atoms with Gasteiger partial charge in [-0.2, -0.15) is 0 Å². The summed E-state index contributed by atoms with van der Waals surface area (Å²) in [5, 5.41) is 5.02. The maximum atomic E-state index is 12.5. The Morgan fingerprint density at radius 3 is 2.57 bits per heavy atom. The molecule has 1 aliphatic heterocycles. The van der Waals surface area contributed by atoms with Gasteiger partial charge in [-0.3, -0.25) is 4.79 Å². The lowest BCUT2D eigenvalue weighted by Crippen LogP contribution is -2.34. The number of amides is 1. The average Bonchev–Trinajstić information content (AvgIpc) is 3.15. The van der Waals surface area contributed by atoms with Crippen LogP contribution in [0, 0.1) is 12.8 Å². The Morgan fingerprint density at radius 1 is 1.26 bits per heavy atom. The predicted molar refractivity (Wildman–Crippen MR) is 92.2 cm³/mol. The van der Waals surface area contributed by atoms with Crippen molar-refractivity contribution in [3.63, 3.8) is 0 Å². The topological polar surface area (TPSA) is 63.2 Å². The van der Waals surface area contributed by atoms with Gasteiger partial charge in [0.05, 0.1) is 23.5 Å². The molecule has 0 bridgehead atoms. The van der Waals surface area contributed by atoms with E-state index in [0.717, 1.165) is 16.0 Å². The zero-order valence-electron chi connectivity index (χ0n) is 12.9. The Labute approximate surface area is 140 Å². The van der Waals surface area contributed by atoms with Gasteiger partial charge in [0.25, 0.3) is 0 Å². The van der Waals surface area contributed by atoms with Crippen LogP contribution >= 0.6 is 11.3 Å². The summed E-state index contributed by atoms with van der Waals surface area (Å²) in [6.45, 7) is 2.02. The van der Waals surface area contributed by atoms with E-state index in [1.807, 2.05) is 48.7 Å². The van der Waals surface area contributed by atoms with Gasteiger partial charge in [-0.25, -0.2) is 8.42 Å². The number of carbonyl (C=O) groups excluding carboxylic acids is 1. The molecule has 2 aromatic rings. The Bertz CT molecular complexity index is 780. The molecule has 0 spiro atoms. The van der Waals surface area contributed by atoms with Crippen LogP contribution < -0.4 is 5.32 Å². The van der Waals surface area contributed by atoms with Crippen molar-refractivity contribution in [2.45, 2.75) is 19.4 Å². The molecule has 23 heavy (non-hydrogen) atoms. The van der Waals surface area contributed by atoms with Gasteiger partial charge in [0.2, 0.25) is 5.91 Å². The summed E-state index contributed by atoms with van der Waals surface area (Å²) < 4.78 is 23.2. The molecule has 0 unspecified atom stereocenters. The maximum Gasteiger partial charge on any atom is 0.224 e. The highest BCUT2D eigenvalue weighted by atomic mass is 32.2. The van der Waals surface area contributed by atoms with E-state index in [1.54, 1.807) is 11.3 Å². The molecule has 1 saturated heterocycles. The first-order valence-corrected chi connectivity index (χ1v) is 10.3. The Hall–Kier alpha value is -1.66. The van der Waals surface area contributed by atoms with Gasteiger partial charge in [-0.1, -0.05) is 35.9 Å². The summed E-state index contributed by atoms with van der Waals surface area (Å²) >= 11 is 1.58. The minimum Gasteiger partial charge on any atom is -0.344 e. The third-order valence-electron chi connectivity index (χ3n) is 4.13. The molecule has 122 valence electrons. The van der Waals surface area contributed by atoms with Gasteiger partial charge in [0, 0.05) is 4.88 Å². The number of hydrogen-bond donors (Lipinski definition) is 1. The van der Waals surface area contributed by atoms with E-state index in [-0.39, 0.29) is 23.5 Å². The second-order valence-corrected chi connectivity index (χ2v) is 9.18. The van der Waals surface area contributed by atoms with Gasteiger partial charge in [-0.15, -0.1) is 11.3 Å². The van der Waals surface area contributed by atoms with Crippen molar-refractivity contribution in [1.82, 2.24) is 5.32 Å². The second-order valence-electron chi connectivity index (χ2n) is 5.97. The van der Waals surface area contributed by atoms with Crippen molar-refractivity contribution in [1.29, 1.82) is 0 Å². The highest BCUT2D eigenvalue weighted by Gasteiger charge is 2.34. The fourth-order valence-corrected chi connectivity index (χ4v) is 5.34. The lowest BCUT2D eigenvalue weighted by atomic mass is 10.0. The van der Waals surface area contributed by atoms with Crippen molar-refractivity contribution >= 4 is 27.1 Å². The Morgan fingerprint density at radius 2 is 2.00 bits per heavy atom. The molecular formula is C17H19NO3S2. The number of carbonyl (C=O) groups is 1. The fourth-order valence-electron chi connectivity index (χ4n) is 2.80. The van der Waals surface area contributed by atoms with Gasteiger partial charge in [0.15, 0.2) is 9.84 Å². The van der Waals surface area contributed by atoms with Gasteiger partial charge < -0.3 is 5.32 Å². The van der Waals surface area contributed by atoms with Crippen LogP contribution in [0.5, 0.6) is 0 Å². The SMILES string of the molecule is Cc1ccc([C@H](NC(=O)[C@@H]2CCS(=O)(=O)C2)c2cccs2)cc1. The smallest absolute Gasteiger partial charge is 0.224 e. The summed E-state index contributed by atoms with van der Waals surface area (Å²) in [6, 6.07) is 11.8. The monoisotopic (exact) mass is 349 g/mol. The van der Waals surface area contributed by atoms with Crippen LogP contribution in [0.2, 0.25) is 0 Å². The molecule has 3 rings (SSSR count). The van der Waals surface area contributed by atoms with Crippen molar-refractivity contribution in [3.8, 4) is 0 Å². The zero-order valence-corrected chi connectivity index (χ0v) is 14.5. The van der Waals surface area contributed by atoms with Crippen LogP contribution in [-0.2, 0) is 14.6 Å². The van der Waals surface area contributed by atoms with Gasteiger partial charge in [0.1, 0.15) is 0 Å². The van der Waals surface area contributed by atoms with Crippen molar-refractivity contribution in [2.24, 2.45) is 5.92 Å². The zero-order chi connectivity index (χ0) is 16.4. The standard InChI is InChI=1S/C17H19NO3S2/c1-12-4-6-13(7-5-12)16(15-3-2-9-22-15)18-17(19)14-8-10-23(20,21)11-14/h2-7,9,14,16H,8,10-11H2,1H3,(H,18,19)/t14-,16+/m1/s1. The van der Waals surface area contributed by atoms with Crippen LogP contribution in [0.4, 0.5) is 0 Å². The van der Waals surface area contributed by atoms with Gasteiger partial charge >= 0.3 is 0 Å². The van der Waals surface area contributed by atoms with Crippen LogP contribution in [0.3, 0.4) is 0 Å². The van der Waals surface area contributed by atoms with E-state index >= 15 is 0 Å². The summed E-state index contributed by atoms with van der Waals surface area (Å²) in [5.74, 6) is -0.540. The fraction of sp³-hybridized carbons (Fsp3) is 0.353. The Balaban J connectivity index is 1.82. The van der Waals surface area contributed by atoms with E-state index in [0.29, 0.717) is 6.42 Å². The third kappa shape index (κ3) is 3.82. The first-order chi connectivity index (χ1) is 10.9. The molecule has 0 radical (unpaired) electrons. The summed E-state index contributed by atoms with van der Waals surface area (Å²) in [4.78, 5) is 13.6. The molecular weight excluding hydrogens is 330 g/mol. The van der Waals surface area contributed by atoms with Crippen molar-refractivity contribution in [3.05, 3.63) is 57.8 Å². The van der Waals surface area contributed by atoms with E-state index in [9.17, 15) is 13.2 Å². The Kier molecular flexibility index (Phi) is 4.55. The number of nitrogens with one attached hydrogen (secondary N) is 1. The third-order valence-corrected chi connectivity index (χ3v) is 6.83. The molecule has 1 aromatic heterocycles. The first kappa shape index (κ1) is 16.2. The lowest BCUT2D eigenvalue weighted by Gasteiger charge is -2.20. The average molecular weight is 349 g/mol. The number of sulfone groups is 1. The largest absolute Gasteiger partial charge is 0.344 e. The molecule has 1 N–H and O–H groups in total. The molecule has 2 atom stereocenters. The lowest BCUT2D eigenvalue weighted by molar-refractivity contribution is -0.124. The van der Waals surface area contributed by atoms with Crippen molar-refractivity contribution < 1.29 is 13.2 Å². The number of aryl methyl sites for hydroxylation is 1. The molecule has 1 aliphatic rings. The summed E-state index contributed by atoms with van der Waals surface area (Å²) in [7, 11) is -3.06. The second kappa shape index (κ2) is 6.45. The van der Waals surface area contributed by atoms with E-state index in [4.69, 9.17) is 0 Å². The molecule has 1 amide bonds. The van der Waals surface area contributed by atoms with E-state index in [1.165, 1.54) is 0 Å². The van der Waals surface area contributed by atoms with Crippen LogP contribution in [0.25, 0.3) is 0 Å². The summed E-state index contributed by atoms with van der Waals surface area (Å²) in [5.41, 5.74) is 2.17. The normalized spacial score (nSPS) is 21.0. The molecule has 0 aliphatic carbocycles. The van der Waals surface area contributed by atoms with Crippen molar-refractivity contribution in [2.75, 3.05) is 11.5 Å². The quantitative estimate of drug-likeness (QED) is 0.923. The maximum absolute atomic E-state index is 12.5. The summed E-state index contributed by atoms with van der Waals surface area (Å²) in [6.07, 6.45) is 0.416. The molecule has 4 nitrogen and oxygen atoms in total. The number of benzene rings is 1. The molecule has 1 fully saturated rings. The minimum atomic E-state index is -3.06. The predicted octanol–water partition coefficient (Wildman–Crippen LogP) is 2.70. The molecule has 1 aromatic carbocycles. The molecule has 6 heteroatoms. The van der Waals surface area contributed by atoms with Crippen LogP contribution in [0.15, 0.2) is 41.8 Å². The highest BCUT2D eigenvalue weighted by Crippen LogP contribution is 2.28. The highest BCUT2D eigenvalue weighted by molar-refractivity contribution is 7.91. The minimum absolute atomic E-state index is 0.0378. The number of hydrogen-bond acceptors (Lipinski definition) is 4. The van der Waals surface area contributed by atoms with E-state index < -0.39 is 15.8 Å². The number of rotatable bonds is 4. The van der Waals surface area contributed by atoms with Crippen LogP contribution in [-0.4, -0.2) is 25.8 Å². The molecule has 2 heterocycles. The van der Waals surface area contributed by atoms with Gasteiger partial charge in [-0.05, 0) is 30.4 Å². The first-order valence-electron chi connectivity index (χ1n) is 7.55. The van der Waals surface area contributed by atoms with E-state index in [2.05, 4.69) is 5.32 Å². The molecule has 0 saturated carbocycles.